The minimum atomic E-state index is -0.695. The smallest absolute Gasteiger partial charge is 0.340 e. The first kappa shape index (κ1) is 16.9. The number of rotatable bonds is 2. The van der Waals surface area contributed by atoms with Crippen LogP contribution in [0.1, 0.15) is 36.6 Å². The van der Waals surface area contributed by atoms with Gasteiger partial charge in [-0.25, -0.2) is 4.79 Å². The minimum absolute atomic E-state index is 0.0859. The first-order valence-electron chi connectivity index (χ1n) is 7.07. The molecule has 1 aromatic carbocycles. The van der Waals surface area contributed by atoms with Gasteiger partial charge in [0.25, 0.3) is 17.4 Å². The van der Waals surface area contributed by atoms with Crippen molar-refractivity contribution < 1.29 is 19.1 Å². The second-order valence-electron chi connectivity index (χ2n) is 5.33. The van der Waals surface area contributed by atoms with Crippen LogP contribution >= 0.6 is 15.9 Å². The third-order valence-electron chi connectivity index (χ3n) is 3.96. The molecule has 128 valence electrons. The molecule has 0 atom stereocenters. The van der Waals surface area contributed by atoms with Gasteiger partial charge in [0.05, 0.1) is 29.5 Å². The normalized spacial score (nSPS) is 12.8. The number of nitrogens with zero attached hydrogens (tertiary/aromatic N) is 1. The van der Waals surface area contributed by atoms with Gasteiger partial charge in [-0.1, -0.05) is 15.9 Å². The molecule has 0 radical (unpaired) electrons. The summed E-state index contributed by atoms with van der Waals surface area (Å²) in [6, 6.07) is 4.16. The molecule has 0 saturated carbocycles. The number of nitrogens with two attached hydrogens (primary N) is 1. The third-order valence-corrected chi connectivity index (χ3v) is 4.82. The number of ether oxygens (including phenoxy) is 1. The van der Waals surface area contributed by atoms with Gasteiger partial charge >= 0.3 is 5.97 Å². The zero-order valence-corrected chi connectivity index (χ0v) is 14.8. The summed E-state index contributed by atoms with van der Waals surface area (Å²) in [5.41, 5.74) is 5.99. The molecule has 2 heterocycles. The molecule has 0 spiro atoms. The summed E-state index contributed by atoms with van der Waals surface area (Å²) in [6.45, 7) is 1.67. The molecule has 2 amide bonds. The van der Waals surface area contributed by atoms with E-state index in [1.165, 1.54) is 13.2 Å². The number of hydrogen-bond acceptors (Lipinski definition) is 6. The molecule has 0 aliphatic carbocycles. The van der Waals surface area contributed by atoms with Gasteiger partial charge in [-0.3, -0.25) is 24.3 Å². The van der Waals surface area contributed by atoms with Crippen LogP contribution in [0.5, 0.6) is 0 Å². The average Bonchev–Trinajstić information content (AvgIpc) is 2.84. The highest BCUT2D eigenvalue weighted by atomic mass is 79.9. The van der Waals surface area contributed by atoms with Gasteiger partial charge in [0, 0.05) is 10.5 Å². The maximum absolute atomic E-state index is 12.5. The Bertz CT molecular complexity index is 1030. The quantitative estimate of drug-likeness (QED) is 0.571. The number of imide groups is 1. The van der Waals surface area contributed by atoms with Crippen molar-refractivity contribution in [2.75, 3.05) is 12.8 Å². The van der Waals surface area contributed by atoms with Gasteiger partial charge in [-0.2, -0.15) is 0 Å². The Kier molecular flexibility index (Phi) is 3.96. The van der Waals surface area contributed by atoms with E-state index in [1.807, 2.05) is 0 Å². The number of aromatic nitrogens is 1. The molecule has 0 unspecified atom stereocenters. The van der Waals surface area contributed by atoms with Crippen LogP contribution < -0.4 is 16.6 Å². The highest BCUT2D eigenvalue weighted by Crippen LogP contribution is 2.29. The monoisotopic (exact) mass is 405 g/mol. The fourth-order valence-electron chi connectivity index (χ4n) is 2.75. The highest BCUT2D eigenvalue weighted by molar-refractivity contribution is 9.10. The molecule has 8 nitrogen and oxygen atoms in total. The van der Waals surface area contributed by atoms with Crippen molar-refractivity contribution >= 4 is 39.5 Å². The van der Waals surface area contributed by atoms with E-state index < -0.39 is 23.3 Å². The van der Waals surface area contributed by atoms with Crippen LogP contribution in [0, 0.1) is 6.92 Å². The number of methoxy groups -OCH3 is 1. The van der Waals surface area contributed by atoms with Gasteiger partial charge < -0.3 is 10.5 Å². The molecule has 1 aromatic heterocycles. The first-order valence-corrected chi connectivity index (χ1v) is 7.86. The molecule has 0 fully saturated rings. The lowest BCUT2D eigenvalue weighted by atomic mass is 10.0. The third kappa shape index (κ3) is 2.43. The number of carbonyl (C=O) groups is 3. The van der Waals surface area contributed by atoms with Gasteiger partial charge in [-0.05, 0) is 24.6 Å². The molecular weight excluding hydrogens is 394 g/mol. The summed E-state index contributed by atoms with van der Waals surface area (Å²) in [5, 5.41) is 2.09. The summed E-state index contributed by atoms with van der Waals surface area (Å²) in [7, 11) is 1.22. The number of fused-ring (bicyclic) bond motifs is 1. The number of halogens is 1. The molecule has 0 bridgehead atoms. The Balaban J connectivity index is 2.41. The van der Waals surface area contributed by atoms with E-state index in [0.717, 1.165) is 10.6 Å². The van der Waals surface area contributed by atoms with E-state index in [9.17, 15) is 19.2 Å². The van der Waals surface area contributed by atoms with Crippen LogP contribution in [0.4, 0.5) is 5.82 Å². The van der Waals surface area contributed by atoms with Gasteiger partial charge in [-0.15, -0.1) is 0 Å². The SMILES string of the molecule is COC(=O)c1c(-n2c(N)c3c(cc2=O)C(=O)NC3=O)ccc(Br)c1C. The van der Waals surface area contributed by atoms with Crippen LogP contribution in [0.3, 0.4) is 0 Å². The fourth-order valence-corrected chi connectivity index (χ4v) is 3.08. The van der Waals surface area contributed by atoms with Gasteiger partial charge in [0.15, 0.2) is 0 Å². The molecule has 3 rings (SSSR count). The van der Waals surface area contributed by atoms with E-state index >= 15 is 0 Å². The Morgan fingerprint density at radius 2 is 1.92 bits per heavy atom. The predicted octanol–water partition coefficient (Wildman–Crippen LogP) is 1.16. The van der Waals surface area contributed by atoms with Crippen molar-refractivity contribution in [3.05, 3.63) is 55.3 Å². The van der Waals surface area contributed by atoms with E-state index in [0.29, 0.717) is 10.0 Å². The van der Waals surface area contributed by atoms with Crippen LogP contribution in [0.25, 0.3) is 5.69 Å². The maximum Gasteiger partial charge on any atom is 0.340 e. The van der Waals surface area contributed by atoms with E-state index in [-0.39, 0.29) is 28.2 Å². The molecular formula is C16H12BrN3O5. The Labute approximate surface area is 149 Å². The first-order chi connectivity index (χ1) is 11.8. The van der Waals surface area contributed by atoms with Crippen LogP contribution in [-0.4, -0.2) is 29.5 Å². The lowest BCUT2D eigenvalue weighted by Gasteiger charge is -2.17. The molecule has 0 saturated heterocycles. The van der Waals surface area contributed by atoms with Crippen molar-refractivity contribution in [3.63, 3.8) is 0 Å². The van der Waals surface area contributed by atoms with Crippen molar-refractivity contribution in [3.8, 4) is 5.69 Å². The van der Waals surface area contributed by atoms with Crippen molar-refractivity contribution in [2.45, 2.75) is 6.92 Å². The summed E-state index contributed by atoms with van der Waals surface area (Å²) in [4.78, 5) is 48.5. The summed E-state index contributed by atoms with van der Waals surface area (Å²) in [5.74, 6) is -2.27. The second-order valence-corrected chi connectivity index (χ2v) is 6.19. The van der Waals surface area contributed by atoms with Crippen LogP contribution in [0.15, 0.2) is 27.5 Å². The zero-order valence-electron chi connectivity index (χ0n) is 13.2. The number of esters is 1. The second kappa shape index (κ2) is 5.85. The molecule has 3 N–H and O–H groups in total. The maximum atomic E-state index is 12.5. The largest absolute Gasteiger partial charge is 0.465 e. The van der Waals surface area contributed by atoms with Crippen LogP contribution in [0.2, 0.25) is 0 Å². The molecule has 1 aliphatic rings. The van der Waals surface area contributed by atoms with Crippen molar-refractivity contribution in [1.82, 2.24) is 9.88 Å². The lowest BCUT2D eigenvalue weighted by Crippen LogP contribution is -2.26. The molecule has 1 aliphatic heterocycles. The molecule has 2 aromatic rings. The van der Waals surface area contributed by atoms with Crippen molar-refractivity contribution in [2.24, 2.45) is 0 Å². The summed E-state index contributed by atoms with van der Waals surface area (Å²) < 4.78 is 6.45. The Hall–Kier alpha value is -2.94. The predicted molar refractivity (Wildman–Crippen MR) is 92.0 cm³/mol. The van der Waals surface area contributed by atoms with Crippen molar-refractivity contribution in [1.29, 1.82) is 0 Å². The molecule has 9 heteroatoms. The fraction of sp³-hybridized carbons (Fsp3) is 0.125. The van der Waals surface area contributed by atoms with E-state index in [4.69, 9.17) is 10.5 Å². The number of hydrogen-bond donors (Lipinski definition) is 2. The van der Waals surface area contributed by atoms with E-state index in [1.54, 1.807) is 13.0 Å². The number of nitrogens with one attached hydrogen (secondary N) is 1. The van der Waals surface area contributed by atoms with Crippen LogP contribution in [-0.2, 0) is 4.74 Å². The highest BCUT2D eigenvalue weighted by Gasteiger charge is 2.32. The van der Waals surface area contributed by atoms with Gasteiger partial charge in [0.1, 0.15) is 5.82 Å². The number of carbonyl (C=O) groups excluding carboxylic acids is 3. The Morgan fingerprint density at radius 1 is 1.24 bits per heavy atom. The number of nitrogen functional groups attached to an aromatic ring is 1. The van der Waals surface area contributed by atoms with Gasteiger partial charge in [0.2, 0.25) is 0 Å². The molecule has 25 heavy (non-hydrogen) atoms. The number of amides is 2. The van der Waals surface area contributed by atoms with E-state index in [2.05, 4.69) is 21.2 Å². The Morgan fingerprint density at radius 3 is 2.56 bits per heavy atom. The number of pyridine rings is 1. The average molecular weight is 406 g/mol. The minimum Gasteiger partial charge on any atom is -0.465 e. The summed E-state index contributed by atoms with van der Waals surface area (Å²) >= 11 is 3.32. The summed E-state index contributed by atoms with van der Waals surface area (Å²) in [6.07, 6.45) is 0. The number of anilines is 1. The zero-order chi connectivity index (χ0) is 18.5. The standard InChI is InChI=1S/C16H12BrN3O5/c1-6-8(17)3-4-9(11(6)16(24)25-2)20-10(21)5-7-12(13(20)18)15(23)19-14(7)22/h3-5H,18H2,1-2H3,(H,19,22,23). The topological polar surface area (TPSA) is 120 Å². The number of benzene rings is 1. The lowest BCUT2D eigenvalue weighted by molar-refractivity contribution is 0.0599.